The maximum absolute atomic E-state index is 6.46. The van der Waals surface area contributed by atoms with Crippen LogP contribution >= 0.6 is 0 Å². The molecule has 3 nitrogen and oxygen atoms in total. The zero-order valence-corrected chi connectivity index (χ0v) is 28.2. The Labute approximate surface area is 292 Å². The average molecular weight is 645 g/mol. The van der Waals surface area contributed by atoms with Crippen molar-refractivity contribution in [3.05, 3.63) is 193 Å². The number of hydrogen-bond acceptors (Lipinski definition) is 2. The van der Waals surface area contributed by atoms with Crippen molar-refractivity contribution in [1.29, 1.82) is 0 Å². The Morgan fingerprint density at radius 2 is 1.32 bits per heavy atom. The third-order valence-electron chi connectivity index (χ3n) is 9.35. The molecule has 0 saturated carbocycles. The lowest BCUT2D eigenvalue weighted by atomic mass is 9.93. The molecule has 0 amide bonds. The first kappa shape index (κ1) is 30.9. The van der Waals surface area contributed by atoms with Gasteiger partial charge in [0.15, 0.2) is 0 Å². The minimum Gasteiger partial charge on any atom is -0.456 e. The molecule has 0 spiro atoms. The van der Waals surface area contributed by atoms with E-state index in [9.17, 15) is 0 Å². The zero-order chi connectivity index (χ0) is 34.0. The van der Waals surface area contributed by atoms with E-state index >= 15 is 0 Å². The Morgan fingerprint density at radius 3 is 2.02 bits per heavy atom. The van der Waals surface area contributed by atoms with Crippen LogP contribution in [0.25, 0.3) is 66.1 Å². The van der Waals surface area contributed by atoms with E-state index in [0.717, 1.165) is 77.8 Å². The van der Waals surface area contributed by atoms with Crippen LogP contribution in [0.4, 0.5) is 0 Å². The third kappa shape index (κ3) is 5.39. The van der Waals surface area contributed by atoms with E-state index in [1.54, 1.807) is 0 Å². The lowest BCUT2D eigenvalue weighted by Gasteiger charge is -2.11. The van der Waals surface area contributed by atoms with E-state index in [-0.39, 0.29) is 0 Å². The number of benzene rings is 6. The molecule has 50 heavy (non-hydrogen) atoms. The maximum Gasteiger partial charge on any atom is 0.136 e. The van der Waals surface area contributed by atoms with Crippen molar-refractivity contribution in [3.63, 3.8) is 0 Å². The van der Waals surface area contributed by atoms with Crippen LogP contribution < -0.4 is 0 Å². The summed E-state index contributed by atoms with van der Waals surface area (Å²) in [4.78, 5) is 4.85. The average Bonchev–Trinajstić information content (AvgIpc) is 3.71. The molecule has 3 heteroatoms. The van der Waals surface area contributed by atoms with Crippen molar-refractivity contribution in [2.75, 3.05) is 7.05 Å². The molecule has 0 N–H and O–H groups in total. The Hall–Kier alpha value is -6.45. The Kier molecular flexibility index (Phi) is 8.16. The van der Waals surface area contributed by atoms with Crippen molar-refractivity contribution in [1.82, 2.24) is 4.57 Å². The van der Waals surface area contributed by atoms with Gasteiger partial charge in [-0.05, 0) is 89.4 Å². The molecule has 0 unspecified atom stereocenters. The molecule has 240 valence electrons. The summed E-state index contributed by atoms with van der Waals surface area (Å²) in [7, 11) is 1.86. The van der Waals surface area contributed by atoms with Crippen molar-refractivity contribution in [2.45, 2.75) is 6.92 Å². The molecule has 0 aliphatic heterocycles. The summed E-state index contributed by atoms with van der Waals surface area (Å²) in [6.07, 6.45) is 10.3. The molecule has 8 aromatic rings. The van der Waals surface area contributed by atoms with Gasteiger partial charge in [0.2, 0.25) is 0 Å². The SMILES string of the molecule is C=C/C=C(\C=C/C)n1c2ccccc2c2cc(-c3ccc4oc5cccc(C(C=C(c6ccccc6)c6ccccc6)=NC)c5c4c3)ccc21. The van der Waals surface area contributed by atoms with Gasteiger partial charge in [-0.1, -0.05) is 122 Å². The van der Waals surface area contributed by atoms with Crippen molar-refractivity contribution in [3.8, 4) is 11.1 Å². The minimum absolute atomic E-state index is 0.842. The summed E-state index contributed by atoms with van der Waals surface area (Å²) in [5, 5.41) is 4.54. The van der Waals surface area contributed by atoms with Crippen LogP contribution in [-0.2, 0) is 0 Å². The van der Waals surface area contributed by atoms with Gasteiger partial charge in [0.25, 0.3) is 0 Å². The number of para-hydroxylation sites is 1. The number of furan rings is 1. The monoisotopic (exact) mass is 644 g/mol. The third-order valence-corrected chi connectivity index (χ3v) is 9.35. The standard InChI is InChI=1S/C47H36N2O/c1-4-15-36(16-5-2)49-43-23-13-12-21-37(43)40-29-34(25-27-44(40)49)35-26-28-45-41(30-35)47-38(22-14-24-46(47)50-45)42(48-3)31-39(32-17-8-6-9-18-32)33-19-10-7-11-20-33/h4-31H,1H2,2-3H3/b16-5-,36-15+,48-42?. The van der Waals surface area contributed by atoms with E-state index in [1.165, 1.54) is 10.8 Å². The molecule has 0 atom stereocenters. The summed E-state index contributed by atoms with van der Waals surface area (Å²) in [5.74, 6) is 0. The highest BCUT2D eigenvalue weighted by atomic mass is 16.3. The van der Waals surface area contributed by atoms with Crippen LogP contribution in [0.2, 0.25) is 0 Å². The predicted molar refractivity (Wildman–Crippen MR) is 214 cm³/mol. The second kappa shape index (κ2) is 13.2. The van der Waals surface area contributed by atoms with E-state index in [1.807, 2.05) is 38.2 Å². The Bertz CT molecular complexity index is 2620. The molecule has 0 aliphatic carbocycles. The molecular weight excluding hydrogens is 609 g/mol. The van der Waals surface area contributed by atoms with Crippen LogP contribution in [-0.4, -0.2) is 17.3 Å². The Morgan fingerprint density at radius 1 is 0.660 bits per heavy atom. The van der Waals surface area contributed by atoms with Gasteiger partial charge in [-0.3, -0.25) is 4.99 Å². The van der Waals surface area contributed by atoms with Crippen molar-refractivity contribution >= 4 is 60.7 Å². The van der Waals surface area contributed by atoms with Gasteiger partial charge >= 0.3 is 0 Å². The normalized spacial score (nSPS) is 12.4. The molecule has 8 rings (SSSR count). The highest BCUT2D eigenvalue weighted by Crippen LogP contribution is 2.38. The molecule has 0 bridgehead atoms. The lowest BCUT2D eigenvalue weighted by molar-refractivity contribution is 0.669. The molecule has 0 aliphatic rings. The number of fused-ring (bicyclic) bond motifs is 6. The Balaban J connectivity index is 1.30. The summed E-state index contributed by atoms with van der Waals surface area (Å²) < 4.78 is 8.77. The second-order valence-electron chi connectivity index (χ2n) is 12.3. The topological polar surface area (TPSA) is 30.4 Å². The fourth-order valence-electron chi connectivity index (χ4n) is 7.11. The van der Waals surface area contributed by atoms with E-state index < -0.39 is 0 Å². The fraction of sp³-hybridized carbons (Fsp3) is 0.0426. The quantitative estimate of drug-likeness (QED) is 0.120. The van der Waals surface area contributed by atoms with Gasteiger partial charge in [-0.2, -0.15) is 0 Å². The smallest absolute Gasteiger partial charge is 0.136 e. The number of aromatic nitrogens is 1. The van der Waals surface area contributed by atoms with Crippen LogP contribution in [0.5, 0.6) is 0 Å². The maximum atomic E-state index is 6.46. The zero-order valence-electron chi connectivity index (χ0n) is 28.2. The summed E-state index contributed by atoms with van der Waals surface area (Å²) in [6, 6.07) is 49.1. The van der Waals surface area contributed by atoms with E-state index in [0.29, 0.717) is 0 Å². The lowest BCUT2D eigenvalue weighted by Crippen LogP contribution is -2.00. The highest BCUT2D eigenvalue weighted by Gasteiger charge is 2.18. The van der Waals surface area contributed by atoms with E-state index in [2.05, 4.69) is 157 Å². The van der Waals surface area contributed by atoms with Gasteiger partial charge in [-0.15, -0.1) is 0 Å². The van der Waals surface area contributed by atoms with Gasteiger partial charge in [0.05, 0.1) is 16.7 Å². The highest BCUT2D eigenvalue weighted by molar-refractivity contribution is 6.24. The van der Waals surface area contributed by atoms with Gasteiger partial charge in [-0.25, -0.2) is 0 Å². The summed E-state index contributed by atoms with van der Waals surface area (Å²) in [5.41, 5.74) is 12.7. The van der Waals surface area contributed by atoms with E-state index in [4.69, 9.17) is 9.41 Å². The van der Waals surface area contributed by atoms with Crippen LogP contribution in [0.15, 0.2) is 186 Å². The first-order chi connectivity index (χ1) is 24.7. The number of nitrogens with zero attached hydrogens (tertiary/aromatic N) is 2. The number of rotatable bonds is 8. The summed E-state index contributed by atoms with van der Waals surface area (Å²) >= 11 is 0. The second-order valence-corrected chi connectivity index (χ2v) is 12.3. The summed E-state index contributed by atoms with van der Waals surface area (Å²) in [6.45, 7) is 6.01. The van der Waals surface area contributed by atoms with Crippen molar-refractivity contribution < 1.29 is 4.42 Å². The van der Waals surface area contributed by atoms with Gasteiger partial charge < -0.3 is 8.98 Å². The largest absolute Gasteiger partial charge is 0.456 e. The molecule has 2 aromatic heterocycles. The minimum atomic E-state index is 0.842. The van der Waals surface area contributed by atoms with Crippen LogP contribution in [0, 0.1) is 0 Å². The van der Waals surface area contributed by atoms with Crippen molar-refractivity contribution in [2.24, 2.45) is 4.99 Å². The molecule has 0 fully saturated rings. The molecular formula is C47H36N2O. The van der Waals surface area contributed by atoms with Gasteiger partial charge in [0, 0.05) is 39.9 Å². The predicted octanol–water partition coefficient (Wildman–Crippen LogP) is 12.5. The number of allylic oxidation sites excluding steroid dienone is 6. The van der Waals surface area contributed by atoms with Gasteiger partial charge in [0.1, 0.15) is 11.2 Å². The first-order valence-electron chi connectivity index (χ1n) is 16.9. The molecule has 2 heterocycles. The molecule has 6 aromatic carbocycles. The number of hydrogen-bond donors (Lipinski definition) is 0. The number of aliphatic imine (C=N–C) groups is 1. The van der Waals surface area contributed by atoms with Crippen LogP contribution in [0.3, 0.4) is 0 Å². The first-order valence-corrected chi connectivity index (χ1v) is 16.9. The fourth-order valence-corrected chi connectivity index (χ4v) is 7.11. The molecule has 0 radical (unpaired) electrons. The molecule has 0 saturated heterocycles. The van der Waals surface area contributed by atoms with Crippen LogP contribution in [0.1, 0.15) is 23.6 Å².